The van der Waals surface area contributed by atoms with E-state index in [9.17, 15) is 13.2 Å². The summed E-state index contributed by atoms with van der Waals surface area (Å²) in [5.74, 6) is 0. The first-order valence-electron chi connectivity index (χ1n) is 4.51. The van der Waals surface area contributed by atoms with E-state index in [1.807, 2.05) is 0 Å². The highest BCUT2D eigenvalue weighted by Gasteiger charge is 2.30. The van der Waals surface area contributed by atoms with Gasteiger partial charge in [0.25, 0.3) is 0 Å². The van der Waals surface area contributed by atoms with Gasteiger partial charge in [-0.25, -0.2) is 4.98 Å². The van der Waals surface area contributed by atoms with Gasteiger partial charge in [-0.1, -0.05) is 17.7 Å². The number of alkyl halides is 3. The minimum Gasteiger partial charge on any atom is -0.244 e. The highest BCUT2D eigenvalue weighted by molar-refractivity contribution is 6.34. The van der Waals surface area contributed by atoms with E-state index in [-0.39, 0.29) is 5.15 Å². The van der Waals surface area contributed by atoms with Crippen LogP contribution in [0.4, 0.5) is 13.2 Å². The average molecular weight is 246 g/mol. The van der Waals surface area contributed by atoms with Gasteiger partial charge in [0.05, 0.1) is 5.56 Å². The van der Waals surface area contributed by atoms with Crippen LogP contribution in [0.2, 0.25) is 5.15 Å². The molecular weight excluding hydrogens is 239 g/mol. The third-order valence-corrected chi connectivity index (χ3v) is 2.67. The van der Waals surface area contributed by atoms with E-state index < -0.39 is 11.7 Å². The van der Waals surface area contributed by atoms with E-state index in [1.54, 1.807) is 6.92 Å². The first kappa shape index (κ1) is 11.2. The summed E-state index contributed by atoms with van der Waals surface area (Å²) in [6, 6.07) is 3.49. The van der Waals surface area contributed by atoms with Crippen LogP contribution >= 0.6 is 11.6 Å². The van der Waals surface area contributed by atoms with Crippen LogP contribution in [0.15, 0.2) is 24.4 Å². The number of aromatic nitrogens is 1. The fourth-order valence-corrected chi connectivity index (χ4v) is 1.73. The Labute approximate surface area is 94.9 Å². The Kier molecular flexibility index (Phi) is 2.54. The van der Waals surface area contributed by atoms with Crippen LogP contribution in [-0.2, 0) is 6.18 Å². The van der Waals surface area contributed by atoms with Crippen LogP contribution in [-0.4, -0.2) is 4.98 Å². The van der Waals surface area contributed by atoms with Crippen LogP contribution in [0.25, 0.3) is 10.8 Å². The molecule has 2 aromatic rings. The summed E-state index contributed by atoms with van der Waals surface area (Å²) in [6.07, 6.45) is -2.82. The van der Waals surface area contributed by atoms with Crippen molar-refractivity contribution >= 4 is 22.4 Å². The quantitative estimate of drug-likeness (QED) is 0.634. The molecule has 0 bridgehead atoms. The Morgan fingerprint density at radius 1 is 1.19 bits per heavy atom. The molecule has 16 heavy (non-hydrogen) atoms. The fraction of sp³-hybridized carbons (Fsp3) is 0.182. The van der Waals surface area contributed by atoms with Gasteiger partial charge in [0, 0.05) is 11.6 Å². The van der Waals surface area contributed by atoms with Crippen LogP contribution in [0.1, 0.15) is 11.1 Å². The molecule has 0 radical (unpaired) electrons. The molecule has 0 aliphatic heterocycles. The molecule has 0 N–H and O–H groups in total. The zero-order valence-corrected chi connectivity index (χ0v) is 9.02. The Balaban J connectivity index is 2.76. The Morgan fingerprint density at radius 3 is 2.50 bits per heavy atom. The third-order valence-electron chi connectivity index (χ3n) is 2.37. The first-order chi connectivity index (χ1) is 7.39. The standard InChI is InChI=1S/C11H7ClF3N/c1-6-5-16-10(12)9-4-7(11(13,14)15)2-3-8(6)9/h2-5H,1H3. The zero-order chi connectivity index (χ0) is 11.9. The number of hydrogen-bond acceptors (Lipinski definition) is 1. The van der Waals surface area contributed by atoms with Gasteiger partial charge in [-0.15, -0.1) is 0 Å². The Hall–Kier alpha value is -1.29. The number of benzene rings is 1. The molecule has 1 aromatic heterocycles. The highest BCUT2D eigenvalue weighted by atomic mass is 35.5. The van der Waals surface area contributed by atoms with Crippen molar-refractivity contribution in [3.05, 3.63) is 40.7 Å². The Morgan fingerprint density at radius 2 is 1.88 bits per heavy atom. The summed E-state index contributed by atoms with van der Waals surface area (Å²) in [4.78, 5) is 3.83. The minimum atomic E-state index is -4.36. The van der Waals surface area contributed by atoms with Gasteiger partial charge < -0.3 is 0 Å². The summed E-state index contributed by atoms with van der Waals surface area (Å²) in [5, 5.41) is 1.11. The number of halogens is 4. The molecule has 1 nitrogen and oxygen atoms in total. The molecule has 1 heterocycles. The summed E-state index contributed by atoms with van der Waals surface area (Å²) in [5.41, 5.74) is 0.0856. The molecule has 0 fully saturated rings. The van der Waals surface area contributed by atoms with Gasteiger partial charge in [0.2, 0.25) is 0 Å². The fourth-order valence-electron chi connectivity index (χ4n) is 1.53. The molecule has 0 amide bonds. The normalized spacial score (nSPS) is 12.1. The number of fused-ring (bicyclic) bond motifs is 1. The molecule has 2 rings (SSSR count). The van der Waals surface area contributed by atoms with Crippen molar-refractivity contribution in [3.8, 4) is 0 Å². The SMILES string of the molecule is Cc1cnc(Cl)c2cc(C(F)(F)F)ccc12. The monoisotopic (exact) mass is 245 g/mol. The second-order valence-corrected chi connectivity index (χ2v) is 3.85. The molecule has 0 unspecified atom stereocenters. The summed E-state index contributed by atoms with van der Waals surface area (Å²) >= 11 is 5.77. The highest BCUT2D eigenvalue weighted by Crippen LogP contribution is 2.33. The molecule has 0 saturated carbocycles. The van der Waals surface area contributed by atoms with E-state index in [0.29, 0.717) is 10.8 Å². The lowest BCUT2D eigenvalue weighted by atomic mass is 10.1. The second kappa shape index (κ2) is 3.63. The predicted molar refractivity (Wildman–Crippen MR) is 56.5 cm³/mol. The first-order valence-corrected chi connectivity index (χ1v) is 4.89. The van der Waals surface area contributed by atoms with Crippen molar-refractivity contribution in [1.82, 2.24) is 4.98 Å². The molecule has 0 aliphatic rings. The molecule has 1 aromatic carbocycles. The largest absolute Gasteiger partial charge is 0.416 e. The number of nitrogens with zero attached hydrogens (tertiary/aromatic N) is 1. The third kappa shape index (κ3) is 1.85. The van der Waals surface area contributed by atoms with Crippen molar-refractivity contribution in [1.29, 1.82) is 0 Å². The molecule has 84 valence electrons. The molecule has 0 aliphatic carbocycles. The van der Waals surface area contributed by atoms with Gasteiger partial charge in [-0.05, 0) is 30.0 Å². The molecule has 0 spiro atoms. The van der Waals surface area contributed by atoms with Crippen molar-refractivity contribution in [3.63, 3.8) is 0 Å². The van der Waals surface area contributed by atoms with Gasteiger partial charge >= 0.3 is 6.18 Å². The van der Waals surface area contributed by atoms with Gasteiger partial charge in [0.1, 0.15) is 5.15 Å². The Bertz CT molecular complexity index is 549. The summed E-state index contributed by atoms with van der Waals surface area (Å²) in [6.45, 7) is 1.78. The predicted octanol–water partition coefficient (Wildman–Crippen LogP) is 4.22. The van der Waals surface area contributed by atoms with Gasteiger partial charge in [-0.2, -0.15) is 13.2 Å². The number of hydrogen-bond donors (Lipinski definition) is 0. The van der Waals surface area contributed by atoms with E-state index in [2.05, 4.69) is 4.98 Å². The van der Waals surface area contributed by atoms with Crippen molar-refractivity contribution in [2.24, 2.45) is 0 Å². The van der Waals surface area contributed by atoms with E-state index in [4.69, 9.17) is 11.6 Å². The molecular formula is C11H7ClF3N. The average Bonchev–Trinajstić information content (AvgIpc) is 2.22. The number of aryl methyl sites for hydroxylation is 1. The number of pyridine rings is 1. The maximum absolute atomic E-state index is 12.5. The van der Waals surface area contributed by atoms with Crippen molar-refractivity contribution in [2.75, 3.05) is 0 Å². The minimum absolute atomic E-state index is 0.0895. The van der Waals surface area contributed by atoms with Crippen LogP contribution in [0.3, 0.4) is 0 Å². The lowest BCUT2D eigenvalue weighted by Gasteiger charge is -2.09. The lowest BCUT2D eigenvalue weighted by Crippen LogP contribution is -2.04. The molecule has 5 heteroatoms. The summed E-state index contributed by atoms with van der Waals surface area (Å²) < 4.78 is 37.5. The van der Waals surface area contributed by atoms with Gasteiger partial charge in [-0.3, -0.25) is 0 Å². The van der Waals surface area contributed by atoms with E-state index in [1.165, 1.54) is 12.3 Å². The summed E-state index contributed by atoms with van der Waals surface area (Å²) in [7, 11) is 0. The van der Waals surface area contributed by atoms with Crippen molar-refractivity contribution in [2.45, 2.75) is 13.1 Å². The van der Waals surface area contributed by atoms with E-state index in [0.717, 1.165) is 17.7 Å². The van der Waals surface area contributed by atoms with E-state index >= 15 is 0 Å². The zero-order valence-electron chi connectivity index (χ0n) is 8.27. The van der Waals surface area contributed by atoms with Gasteiger partial charge in [0.15, 0.2) is 0 Å². The second-order valence-electron chi connectivity index (χ2n) is 3.49. The topological polar surface area (TPSA) is 12.9 Å². The molecule has 0 saturated heterocycles. The maximum atomic E-state index is 12.5. The maximum Gasteiger partial charge on any atom is 0.416 e. The van der Waals surface area contributed by atoms with Crippen LogP contribution in [0, 0.1) is 6.92 Å². The van der Waals surface area contributed by atoms with Crippen LogP contribution in [0.5, 0.6) is 0 Å². The smallest absolute Gasteiger partial charge is 0.244 e. The van der Waals surface area contributed by atoms with Crippen LogP contribution < -0.4 is 0 Å². The van der Waals surface area contributed by atoms with Crippen molar-refractivity contribution < 1.29 is 13.2 Å². The number of rotatable bonds is 0. The lowest BCUT2D eigenvalue weighted by molar-refractivity contribution is -0.137. The molecule has 0 atom stereocenters.